The number of amides is 2. The molecule has 6 heteroatoms. The van der Waals surface area contributed by atoms with E-state index in [1.54, 1.807) is 41.3 Å². The molecule has 0 radical (unpaired) electrons. The van der Waals surface area contributed by atoms with E-state index in [1.165, 1.54) is 12.1 Å². The summed E-state index contributed by atoms with van der Waals surface area (Å²) < 4.78 is 12.9. The van der Waals surface area contributed by atoms with Crippen molar-refractivity contribution in [3.05, 3.63) is 65.5 Å². The lowest BCUT2D eigenvalue weighted by Gasteiger charge is -2.31. The van der Waals surface area contributed by atoms with E-state index in [1.807, 2.05) is 0 Å². The molecule has 136 valence electrons. The molecule has 0 spiro atoms. The highest BCUT2D eigenvalue weighted by atomic mass is 19.1. The standard InChI is InChI=1S/C20H22FN3O2/c21-16-7-5-14(6-8-16)13-23-19(25)15-9-11-24(12-10-15)20(26)17-3-1-2-4-18(17)22/h1-8,15H,9-13,22H2,(H,23,25). The van der Waals surface area contributed by atoms with Crippen LogP contribution in [0.5, 0.6) is 0 Å². The Hall–Kier alpha value is -2.89. The summed E-state index contributed by atoms with van der Waals surface area (Å²) in [7, 11) is 0. The Bertz CT molecular complexity index is 784. The van der Waals surface area contributed by atoms with Gasteiger partial charge in [0.25, 0.3) is 5.91 Å². The van der Waals surface area contributed by atoms with E-state index in [9.17, 15) is 14.0 Å². The molecule has 1 fully saturated rings. The van der Waals surface area contributed by atoms with Crippen LogP contribution < -0.4 is 11.1 Å². The second-order valence-electron chi connectivity index (χ2n) is 6.50. The molecule has 3 rings (SSSR count). The largest absolute Gasteiger partial charge is 0.398 e. The molecule has 0 saturated carbocycles. The van der Waals surface area contributed by atoms with Gasteiger partial charge in [0.15, 0.2) is 0 Å². The Balaban J connectivity index is 1.50. The predicted octanol–water partition coefficient (Wildman–Crippen LogP) is 2.58. The van der Waals surface area contributed by atoms with Crippen LogP contribution in [0, 0.1) is 11.7 Å². The number of carbonyl (C=O) groups excluding carboxylic acids is 2. The average molecular weight is 355 g/mol. The van der Waals surface area contributed by atoms with Gasteiger partial charge in [0.2, 0.25) is 5.91 Å². The van der Waals surface area contributed by atoms with Crippen LogP contribution in [-0.2, 0) is 11.3 Å². The maximum Gasteiger partial charge on any atom is 0.255 e. The molecule has 1 aliphatic rings. The van der Waals surface area contributed by atoms with Gasteiger partial charge in [0, 0.05) is 31.2 Å². The van der Waals surface area contributed by atoms with Gasteiger partial charge in [-0.15, -0.1) is 0 Å². The van der Waals surface area contributed by atoms with Gasteiger partial charge < -0.3 is 16.0 Å². The Morgan fingerprint density at radius 2 is 1.73 bits per heavy atom. The van der Waals surface area contributed by atoms with Gasteiger partial charge in [-0.25, -0.2) is 4.39 Å². The third kappa shape index (κ3) is 4.20. The van der Waals surface area contributed by atoms with E-state index in [-0.39, 0.29) is 23.5 Å². The van der Waals surface area contributed by atoms with E-state index in [2.05, 4.69) is 5.32 Å². The monoisotopic (exact) mass is 355 g/mol. The fourth-order valence-corrected chi connectivity index (χ4v) is 3.14. The number of nitrogens with two attached hydrogens (primary N) is 1. The summed E-state index contributed by atoms with van der Waals surface area (Å²) in [5.74, 6) is -0.530. The minimum Gasteiger partial charge on any atom is -0.398 e. The van der Waals surface area contributed by atoms with Crippen LogP contribution in [-0.4, -0.2) is 29.8 Å². The van der Waals surface area contributed by atoms with Gasteiger partial charge in [-0.2, -0.15) is 0 Å². The van der Waals surface area contributed by atoms with Crippen molar-refractivity contribution in [3.8, 4) is 0 Å². The number of carbonyl (C=O) groups is 2. The molecule has 2 aromatic carbocycles. The van der Waals surface area contributed by atoms with Gasteiger partial charge in [-0.1, -0.05) is 24.3 Å². The summed E-state index contributed by atoms with van der Waals surface area (Å²) in [5.41, 5.74) is 7.70. The Morgan fingerprint density at radius 3 is 2.38 bits per heavy atom. The SMILES string of the molecule is Nc1ccccc1C(=O)N1CCC(C(=O)NCc2ccc(F)cc2)CC1. The lowest BCUT2D eigenvalue weighted by atomic mass is 9.95. The van der Waals surface area contributed by atoms with Crippen molar-refractivity contribution in [1.29, 1.82) is 0 Å². The Labute approximate surface area is 152 Å². The number of hydrogen-bond acceptors (Lipinski definition) is 3. The van der Waals surface area contributed by atoms with Crippen molar-refractivity contribution in [3.63, 3.8) is 0 Å². The van der Waals surface area contributed by atoms with E-state index < -0.39 is 0 Å². The van der Waals surface area contributed by atoms with Crippen LogP contribution in [0.25, 0.3) is 0 Å². The summed E-state index contributed by atoms with van der Waals surface area (Å²) >= 11 is 0. The van der Waals surface area contributed by atoms with E-state index in [4.69, 9.17) is 5.73 Å². The Morgan fingerprint density at radius 1 is 1.08 bits per heavy atom. The number of benzene rings is 2. The van der Waals surface area contributed by atoms with Crippen LogP contribution >= 0.6 is 0 Å². The lowest BCUT2D eigenvalue weighted by Crippen LogP contribution is -2.43. The highest BCUT2D eigenvalue weighted by molar-refractivity contribution is 5.99. The highest BCUT2D eigenvalue weighted by Gasteiger charge is 2.28. The smallest absolute Gasteiger partial charge is 0.255 e. The summed E-state index contributed by atoms with van der Waals surface area (Å²) in [6, 6.07) is 13.1. The summed E-state index contributed by atoms with van der Waals surface area (Å²) in [5, 5.41) is 2.89. The number of hydrogen-bond donors (Lipinski definition) is 2. The number of para-hydroxylation sites is 1. The minimum absolute atomic E-state index is 0.0272. The second kappa shape index (κ2) is 7.99. The molecule has 2 amide bonds. The molecule has 2 aromatic rings. The first-order valence-electron chi connectivity index (χ1n) is 8.70. The molecule has 1 heterocycles. The van der Waals surface area contributed by atoms with Crippen LogP contribution in [0.15, 0.2) is 48.5 Å². The number of nitrogens with zero attached hydrogens (tertiary/aromatic N) is 1. The molecule has 3 N–H and O–H groups in total. The highest BCUT2D eigenvalue weighted by Crippen LogP contribution is 2.21. The minimum atomic E-state index is -0.295. The van der Waals surface area contributed by atoms with E-state index >= 15 is 0 Å². The normalized spacial score (nSPS) is 14.9. The first kappa shape index (κ1) is 17.9. The average Bonchev–Trinajstić information content (AvgIpc) is 2.67. The number of nitrogen functional groups attached to an aromatic ring is 1. The molecule has 1 aliphatic heterocycles. The molecule has 0 unspecified atom stereocenters. The van der Waals surface area contributed by atoms with Gasteiger partial charge >= 0.3 is 0 Å². The van der Waals surface area contributed by atoms with Crippen molar-refractivity contribution in [2.75, 3.05) is 18.8 Å². The summed E-state index contributed by atoms with van der Waals surface area (Å²) in [4.78, 5) is 26.6. The molecule has 26 heavy (non-hydrogen) atoms. The molecule has 0 aliphatic carbocycles. The number of anilines is 1. The number of halogens is 1. The van der Waals surface area contributed by atoms with Gasteiger partial charge in [-0.3, -0.25) is 9.59 Å². The van der Waals surface area contributed by atoms with Gasteiger partial charge in [-0.05, 0) is 42.7 Å². The lowest BCUT2D eigenvalue weighted by molar-refractivity contribution is -0.126. The summed E-state index contributed by atoms with van der Waals surface area (Å²) in [6.07, 6.45) is 1.24. The fourth-order valence-electron chi connectivity index (χ4n) is 3.14. The number of rotatable bonds is 4. The molecule has 0 atom stereocenters. The number of likely N-dealkylation sites (tertiary alicyclic amines) is 1. The van der Waals surface area contributed by atoms with Crippen molar-refractivity contribution in [2.45, 2.75) is 19.4 Å². The molecular formula is C20H22FN3O2. The molecule has 0 bridgehead atoms. The Kier molecular flexibility index (Phi) is 5.51. The van der Waals surface area contributed by atoms with Crippen LogP contribution in [0.3, 0.4) is 0 Å². The predicted molar refractivity (Wildman–Crippen MR) is 97.7 cm³/mol. The molecular weight excluding hydrogens is 333 g/mol. The molecule has 1 saturated heterocycles. The third-order valence-corrected chi connectivity index (χ3v) is 4.72. The van der Waals surface area contributed by atoms with E-state index in [0.717, 1.165) is 5.56 Å². The second-order valence-corrected chi connectivity index (χ2v) is 6.50. The third-order valence-electron chi connectivity index (χ3n) is 4.72. The van der Waals surface area contributed by atoms with Crippen LogP contribution in [0.4, 0.5) is 10.1 Å². The van der Waals surface area contributed by atoms with E-state index in [0.29, 0.717) is 43.7 Å². The zero-order valence-electron chi connectivity index (χ0n) is 14.5. The maximum atomic E-state index is 12.9. The zero-order valence-corrected chi connectivity index (χ0v) is 14.5. The topological polar surface area (TPSA) is 75.4 Å². The van der Waals surface area contributed by atoms with Crippen molar-refractivity contribution < 1.29 is 14.0 Å². The number of nitrogens with one attached hydrogen (secondary N) is 1. The number of piperidine rings is 1. The zero-order chi connectivity index (χ0) is 18.5. The molecule has 0 aromatic heterocycles. The summed E-state index contributed by atoms with van der Waals surface area (Å²) in [6.45, 7) is 1.43. The van der Waals surface area contributed by atoms with Crippen LogP contribution in [0.2, 0.25) is 0 Å². The first-order chi connectivity index (χ1) is 12.5. The maximum absolute atomic E-state index is 12.9. The fraction of sp³-hybridized carbons (Fsp3) is 0.300. The quantitative estimate of drug-likeness (QED) is 0.828. The van der Waals surface area contributed by atoms with Crippen molar-refractivity contribution in [2.24, 2.45) is 5.92 Å². The van der Waals surface area contributed by atoms with Gasteiger partial charge in [0.1, 0.15) is 5.82 Å². The van der Waals surface area contributed by atoms with Crippen LogP contribution in [0.1, 0.15) is 28.8 Å². The van der Waals surface area contributed by atoms with Crippen molar-refractivity contribution >= 4 is 17.5 Å². The van der Waals surface area contributed by atoms with Crippen molar-refractivity contribution in [1.82, 2.24) is 10.2 Å². The van der Waals surface area contributed by atoms with Gasteiger partial charge in [0.05, 0.1) is 5.56 Å². The first-order valence-corrected chi connectivity index (χ1v) is 8.70. The molecule has 5 nitrogen and oxygen atoms in total.